The number of nitrogens with zero attached hydrogens (tertiary/aromatic N) is 1. The molecule has 2 aromatic carbocycles. The number of aryl methyl sites for hydroxylation is 1. The van der Waals surface area contributed by atoms with Gasteiger partial charge >= 0.3 is 0 Å². The number of carbonyl (C=O) groups is 1. The molecule has 0 aliphatic heterocycles. The van der Waals surface area contributed by atoms with Crippen LogP contribution in [-0.4, -0.2) is 22.3 Å². The summed E-state index contributed by atoms with van der Waals surface area (Å²) < 4.78 is -0.887. The molecule has 2 saturated carbocycles. The van der Waals surface area contributed by atoms with Crippen LogP contribution in [0.25, 0.3) is 0 Å². The Morgan fingerprint density at radius 3 is 2.57 bits per heavy atom. The van der Waals surface area contributed by atoms with Crippen LogP contribution in [0.4, 0.5) is 5.69 Å². The van der Waals surface area contributed by atoms with Gasteiger partial charge in [-0.1, -0.05) is 29.3 Å². The van der Waals surface area contributed by atoms with E-state index in [1.165, 1.54) is 0 Å². The van der Waals surface area contributed by atoms with Crippen molar-refractivity contribution in [2.75, 3.05) is 11.9 Å². The van der Waals surface area contributed by atoms with Gasteiger partial charge in [-0.15, -0.1) is 23.2 Å². The van der Waals surface area contributed by atoms with E-state index in [1.807, 2.05) is 25.1 Å². The van der Waals surface area contributed by atoms with Crippen molar-refractivity contribution < 1.29 is 4.79 Å². The molecule has 0 spiro atoms. The van der Waals surface area contributed by atoms with Gasteiger partial charge in [-0.2, -0.15) is 5.26 Å². The number of nitriles is 1. The van der Waals surface area contributed by atoms with Crippen molar-refractivity contribution in [2.45, 2.75) is 35.6 Å². The zero-order chi connectivity index (χ0) is 21.7. The number of benzene rings is 2. The van der Waals surface area contributed by atoms with Gasteiger partial charge in [0.15, 0.2) is 0 Å². The minimum absolute atomic E-state index is 0.0139. The summed E-state index contributed by atoms with van der Waals surface area (Å²) in [5, 5.41) is 16.2. The molecule has 2 N–H and O–H groups in total. The third-order valence-electron chi connectivity index (χ3n) is 5.68. The van der Waals surface area contributed by atoms with Crippen molar-refractivity contribution in [3.8, 4) is 6.07 Å². The maximum atomic E-state index is 12.6. The third kappa shape index (κ3) is 4.22. The number of rotatable bonds is 6. The molecular formula is C22H19Cl4N3O. The molecule has 2 fully saturated rings. The van der Waals surface area contributed by atoms with E-state index >= 15 is 0 Å². The van der Waals surface area contributed by atoms with E-state index in [-0.39, 0.29) is 17.7 Å². The SMILES string of the molecule is Cc1cc(Cl)cc(C2C(CNc3ccc(Cl)c(C(=O)NC4(C#N)CC4)c3)C2(Cl)Cl)c1. The Labute approximate surface area is 195 Å². The van der Waals surface area contributed by atoms with E-state index in [2.05, 4.69) is 16.7 Å². The molecule has 30 heavy (non-hydrogen) atoms. The average Bonchev–Trinajstić information content (AvgIpc) is 3.55. The van der Waals surface area contributed by atoms with E-state index in [4.69, 9.17) is 46.4 Å². The Balaban J connectivity index is 1.45. The van der Waals surface area contributed by atoms with Crippen molar-refractivity contribution in [3.05, 3.63) is 63.1 Å². The zero-order valence-corrected chi connectivity index (χ0v) is 19.1. The van der Waals surface area contributed by atoms with Crippen LogP contribution in [0.15, 0.2) is 36.4 Å². The van der Waals surface area contributed by atoms with E-state index in [9.17, 15) is 10.1 Å². The molecule has 0 bridgehead atoms. The molecule has 4 nitrogen and oxygen atoms in total. The Bertz CT molecular complexity index is 1040. The highest BCUT2D eigenvalue weighted by Crippen LogP contribution is 2.65. The van der Waals surface area contributed by atoms with Gasteiger partial charge in [0.25, 0.3) is 5.91 Å². The molecule has 0 heterocycles. The fourth-order valence-corrected chi connectivity index (χ4v) is 5.09. The number of hydrogen-bond acceptors (Lipinski definition) is 3. The summed E-state index contributed by atoms with van der Waals surface area (Å²) in [6, 6.07) is 13.1. The van der Waals surface area contributed by atoms with Crippen LogP contribution in [0.2, 0.25) is 10.0 Å². The van der Waals surface area contributed by atoms with Gasteiger partial charge < -0.3 is 10.6 Å². The molecule has 156 valence electrons. The van der Waals surface area contributed by atoms with Gasteiger partial charge in [-0.05, 0) is 61.2 Å². The third-order valence-corrected chi connectivity index (χ3v) is 7.26. The van der Waals surface area contributed by atoms with Gasteiger partial charge in [0.1, 0.15) is 9.87 Å². The lowest BCUT2D eigenvalue weighted by Crippen LogP contribution is -2.35. The van der Waals surface area contributed by atoms with Gasteiger partial charge in [-0.25, -0.2) is 0 Å². The summed E-state index contributed by atoms with van der Waals surface area (Å²) in [5.41, 5.74) is 2.36. The summed E-state index contributed by atoms with van der Waals surface area (Å²) in [6.45, 7) is 2.50. The lowest BCUT2D eigenvalue weighted by atomic mass is 10.1. The Hall–Kier alpha value is -1.64. The van der Waals surface area contributed by atoms with Crippen molar-refractivity contribution in [2.24, 2.45) is 5.92 Å². The number of alkyl halides is 2. The summed E-state index contributed by atoms with van der Waals surface area (Å²) in [4.78, 5) is 12.6. The smallest absolute Gasteiger partial charge is 0.254 e. The minimum atomic E-state index is -0.887. The van der Waals surface area contributed by atoms with E-state index in [0.29, 0.717) is 35.0 Å². The van der Waals surface area contributed by atoms with Crippen LogP contribution < -0.4 is 10.6 Å². The molecule has 4 rings (SSSR count). The molecule has 0 aromatic heterocycles. The second kappa shape index (κ2) is 7.80. The first-order valence-corrected chi connectivity index (χ1v) is 11.1. The van der Waals surface area contributed by atoms with Crippen molar-refractivity contribution in [1.82, 2.24) is 5.32 Å². The number of anilines is 1. The molecule has 2 aliphatic carbocycles. The first-order valence-electron chi connectivity index (χ1n) is 9.57. The maximum Gasteiger partial charge on any atom is 0.254 e. The minimum Gasteiger partial charge on any atom is -0.385 e. The Kier molecular flexibility index (Phi) is 5.61. The quantitative estimate of drug-likeness (QED) is 0.489. The summed E-state index contributed by atoms with van der Waals surface area (Å²) in [5.74, 6) is -0.406. The first-order chi connectivity index (χ1) is 14.1. The number of amides is 1. The molecule has 8 heteroatoms. The number of nitrogens with one attached hydrogen (secondary N) is 2. The van der Waals surface area contributed by atoms with Crippen LogP contribution in [0.1, 0.15) is 40.2 Å². The summed E-state index contributed by atoms with van der Waals surface area (Å²) >= 11 is 25.5. The van der Waals surface area contributed by atoms with Crippen LogP contribution in [0.5, 0.6) is 0 Å². The number of carbonyl (C=O) groups excluding carboxylic acids is 1. The highest BCUT2D eigenvalue weighted by atomic mass is 35.5. The Morgan fingerprint density at radius 1 is 1.20 bits per heavy atom. The highest BCUT2D eigenvalue weighted by Gasteiger charge is 2.63. The molecule has 0 saturated heterocycles. The lowest BCUT2D eigenvalue weighted by Gasteiger charge is -2.13. The van der Waals surface area contributed by atoms with Gasteiger partial charge in [0.05, 0.1) is 16.7 Å². The maximum absolute atomic E-state index is 12.6. The molecule has 2 aliphatic rings. The summed E-state index contributed by atoms with van der Waals surface area (Å²) in [6.07, 6.45) is 1.31. The number of halogens is 4. The second-order valence-electron chi connectivity index (χ2n) is 8.04. The van der Waals surface area contributed by atoms with Gasteiger partial charge in [0, 0.05) is 29.1 Å². The second-order valence-corrected chi connectivity index (χ2v) is 10.3. The van der Waals surface area contributed by atoms with Gasteiger partial charge in [0.2, 0.25) is 0 Å². The zero-order valence-electron chi connectivity index (χ0n) is 16.1. The predicted octanol–water partition coefficient (Wildman–Crippen LogP) is 6.09. The summed E-state index contributed by atoms with van der Waals surface area (Å²) in [7, 11) is 0. The molecule has 2 atom stereocenters. The van der Waals surface area contributed by atoms with Crippen LogP contribution in [-0.2, 0) is 0 Å². The van der Waals surface area contributed by atoms with Crippen LogP contribution in [0, 0.1) is 24.2 Å². The van der Waals surface area contributed by atoms with E-state index in [1.54, 1.807) is 18.2 Å². The molecule has 1 amide bonds. The van der Waals surface area contributed by atoms with E-state index in [0.717, 1.165) is 16.8 Å². The van der Waals surface area contributed by atoms with Crippen LogP contribution in [0.3, 0.4) is 0 Å². The first kappa shape index (κ1) is 21.6. The standard InChI is InChI=1S/C22H19Cl4N3O/c1-12-6-13(8-14(23)7-12)19-17(22(19,25)26)10-28-15-2-3-18(24)16(9-15)20(30)29-21(11-27)4-5-21/h2-3,6-9,17,19,28H,4-5,10H2,1H3,(H,29,30). The average molecular weight is 483 g/mol. The van der Waals surface area contributed by atoms with Crippen molar-refractivity contribution in [3.63, 3.8) is 0 Å². The van der Waals surface area contributed by atoms with Crippen LogP contribution >= 0.6 is 46.4 Å². The topological polar surface area (TPSA) is 64.9 Å². The lowest BCUT2D eigenvalue weighted by molar-refractivity contribution is 0.0942. The largest absolute Gasteiger partial charge is 0.385 e. The monoisotopic (exact) mass is 481 g/mol. The van der Waals surface area contributed by atoms with Gasteiger partial charge in [-0.3, -0.25) is 4.79 Å². The van der Waals surface area contributed by atoms with Crippen molar-refractivity contribution >= 4 is 58.0 Å². The molecule has 0 radical (unpaired) electrons. The van der Waals surface area contributed by atoms with E-state index < -0.39 is 9.87 Å². The normalized spacial score (nSPS) is 22.7. The fraction of sp³-hybridized carbons (Fsp3) is 0.364. The molecular weight excluding hydrogens is 464 g/mol. The predicted molar refractivity (Wildman–Crippen MR) is 122 cm³/mol. The molecule has 2 unspecified atom stereocenters. The van der Waals surface area contributed by atoms with Crippen molar-refractivity contribution in [1.29, 1.82) is 5.26 Å². The number of hydrogen-bond donors (Lipinski definition) is 2. The Morgan fingerprint density at radius 2 is 1.93 bits per heavy atom. The molecule has 2 aromatic rings. The fourth-order valence-electron chi connectivity index (χ4n) is 3.75. The highest BCUT2D eigenvalue weighted by molar-refractivity contribution is 6.52.